The van der Waals surface area contributed by atoms with Crippen molar-refractivity contribution in [2.24, 2.45) is 0 Å². The third-order valence-corrected chi connectivity index (χ3v) is 6.66. The van der Waals surface area contributed by atoms with E-state index in [-0.39, 0.29) is 5.91 Å². The molecule has 1 aliphatic heterocycles. The van der Waals surface area contributed by atoms with Crippen LogP contribution in [0.15, 0.2) is 70.5 Å². The van der Waals surface area contributed by atoms with E-state index in [2.05, 4.69) is 32.6 Å². The van der Waals surface area contributed by atoms with Gasteiger partial charge in [0.2, 0.25) is 11.8 Å². The smallest absolute Gasteiger partial charge is 0.253 e. The molecule has 3 heterocycles. The highest BCUT2D eigenvalue weighted by Crippen LogP contribution is 2.26. The minimum atomic E-state index is 0.0680. The zero-order valence-electron chi connectivity index (χ0n) is 17.9. The van der Waals surface area contributed by atoms with Gasteiger partial charge in [0.25, 0.3) is 5.91 Å². The van der Waals surface area contributed by atoms with Crippen LogP contribution in [0.25, 0.3) is 22.9 Å². The summed E-state index contributed by atoms with van der Waals surface area (Å²) < 4.78 is 5.89. The largest absolute Gasteiger partial charge is 0.416 e. The summed E-state index contributed by atoms with van der Waals surface area (Å²) >= 11 is 1.78. The Morgan fingerprint density at radius 1 is 0.938 bits per heavy atom. The summed E-state index contributed by atoms with van der Waals surface area (Å²) in [5.41, 5.74) is 3.49. The molecular formula is C25H24N4O2S. The van der Waals surface area contributed by atoms with Crippen LogP contribution in [-0.2, 0) is 6.54 Å². The Labute approximate surface area is 191 Å². The lowest BCUT2D eigenvalue weighted by Gasteiger charge is -2.34. The second-order valence-corrected chi connectivity index (χ2v) is 8.98. The predicted molar refractivity (Wildman–Crippen MR) is 125 cm³/mol. The lowest BCUT2D eigenvalue weighted by Crippen LogP contribution is -2.48. The normalized spacial score (nSPS) is 14.6. The van der Waals surface area contributed by atoms with Crippen LogP contribution in [0.5, 0.6) is 0 Å². The second kappa shape index (κ2) is 9.06. The first-order valence-corrected chi connectivity index (χ1v) is 11.6. The topological polar surface area (TPSA) is 62.5 Å². The molecule has 0 saturated carbocycles. The fourth-order valence-electron chi connectivity index (χ4n) is 3.93. The minimum Gasteiger partial charge on any atom is -0.416 e. The zero-order valence-corrected chi connectivity index (χ0v) is 18.7. The van der Waals surface area contributed by atoms with E-state index in [1.165, 1.54) is 4.88 Å². The summed E-state index contributed by atoms with van der Waals surface area (Å²) in [5, 5.41) is 10.5. The molecule has 0 radical (unpaired) electrons. The molecule has 7 heteroatoms. The van der Waals surface area contributed by atoms with Crippen molar-refractivity contribution in [2.45, 2.75) is 13.5 Å². The van der Waals surface area contributed by atoms with Gasteiger partial charge in [0.05, 0.1) is 0 Å². The Morgan fingerprint density at radius 2 is 1.69 bits per heavy atom. The van der Waals surface area contributed by atoms with E-state index in [1.54, 1.807) is 11.3 Å². The van der Waals surface area contributed by atoms with Crippen molar-refractivity contribution in [3.05, 3.63) is 82.0 Å². The van der Waals surface area contributed by atoms with Gasteiger partial charge in [-0.3, -0.25) is 9.69 Å². The number of amides is 1. The quantitative estimate of drug-likeness (QED) is 0.445. The molecule has 162 valence electrons. The molecule has 1 saturated heterocycles. The summed E-state index contributed by atoms with van der Waals surface area (Å²) in [5.74, 6) is 1.02. The fourth-order valence-corrected chi connectivity index (χ4v) is 4.68. The Kier molecular flexibility index (Phi) is 5.83. The van der Waals surface area contributed by atoms with E-state index in [0.717, 1.165) is 49.4 Å². The van der Waals surface area contributed by atoms with E-state index in [9.17, 15) is 4.79 Å². The fraction of sp³-hybridized carbons (Fsp3) is 0.240. The summed E-state index contributed by atoms with van der Waals surface area (Å²) in [4.78, 5) is 18.7. The highest BCUT2D eigenvalue weighted by Gasteiger charge is 2.22. The van der Waals surface area contributed by atoms with Crippen LogP contribution in [-0.4, -0.2) is 52.1 Å². The van der Waals surface area contributed by atoms with Gasteiger partial charge in [-0.2, -0.15) is 0 Å². The van der Waals surface area contributed by atoms with Crippen LogP contribution in [0.3, 0.4) is 0 Å². The molecule has 0 atom stereocenters. The molecular weight excluding hydrogens is 420 g/mol. The molecule has 0 N–H and O–H groups in total. The summed E-state index contributed by atoms with van der Waals surface area (Å²) in [6, 6.07) is 19.6. The van der Waals surface area contributed by atoms with Gasteiger partial charge in [0.15, 0.2) is 0 Å². The highest BCUT2D eigenvalue weighted by atomic mass is 32.1. The Bertz CT molecular complexity index is 1190. The van der Waals surface area contributed by atoms with E-state index in [1.807, 2.05) is 60.4 Å². The van der Waals surface area contributed by atoms with Gasteiger partial charge in [-0.25, -0.2) is 0 Å². The number of carbonyl (C=O) groups excluding carboxylic acids is 1. The number of hydrogen-bond donors (Lipinski definition) is 0. The van der Waals surface area contributed by atoms with Crippen molar-refractivity contribution in [3.63, 3.8) is 0 Å². The molecule has 32 heavy (non-hydrogen) atoms. The second-order valence-electron chi connectivity index (χ2n) is 7.95. The average molecular weight is 445 g/mol. The van der Waals surface area contributed by atoms with Gasteiger partial charge in [-0.05, 0) is 54.3 Å². The zero-order chi connectivity index (χ0) is 21.9. The van der Waals surface area contributed by atoms with E-state index < -0.39 is 0 Å². The van der Waals surface area contributed by atoms with Crippen molar-refractivity contribution >= 4 is 17.2 Å². The van der Waals surface area contributed by atoms with Gasteiger partial charge >= 0.3 is 0 Å². The van der Waals surface area contributed by atoms with Crippen LogP contribution in [0.1, 0.15) is 20.8 Å². The average Bonchev–Trinajstić information content (AvgIpc) is 3.52. The third-order valence-electron chi connectivity index (χ3n) is 5.80. The van der Waals surface area contributed by atoms with E-state index in [0.29, 0.717) is 17.3 Å². The van der Waals surface area contributed by atoms with Gasteiger partial charge in [0.1, 0.15) is 0 Å². The first-order valence-electron chi connectivity index (χ1n) is 10.7. The molecule has 1 aliphatic rings. The van der Waals surface area contributed by atoms with Crippen LogP contribution < -0.4 is 0 Å². The Morgan fingerprint density at radius 3 is 2.41 bits per heavy atom. The van der Waals surface area contributed by atoms with Gasteiger partial charge in [0, 0.05) is 54.3 Å². The number of piperazine rings is 1. The predicted octanol–water partition coefficient (Wildman–Crippen LogP) is 4.73. The van der Waals surface area contributed by atoms with Crippen molar-refractivity contribution in [3.8, 4) is 22.9 Å². The molecule has 0 spiro atoms. The first-order chi connectivity index (χ1) is 15.7. The van der Waals surface area contributed by atoms with E-state index >= 15 is 0 Å². The monoisotopic (exact) mass is 444 g/mol. The lowest BCUT2D eigenvalue weighted by atomic mass is 10.1. The number of benzene rings is 2. The number of thiophene rings is 1. The van der Waals surface area contributed by atoms with Crippen LogP contribution in [0, 0.1) is 6.92 Å². The van der Waals surface area contributed by atoms with E-state index in [4.69, 9.17) is 4.42 Å². The maximum atomic E-state index is 13.0. The number of rotatable bonds is 5. The first kappa shape index (κ1) is 20.6. The summed E-state index contributed by atoms with van der Waals surface area (Å²) in [7, 11) is 0. The molecule has 0 bridgehead atoms. The number of nitrogens with zero attached hydrogens (tertiary/aromatic N) is 4. The van der Waals surface area contributed by atoms with Crippen molar-refractivity contribution in [1.82, 2.24) is 20.0 Å². The Hall–Kier alpha value is -3.29. The van der Waals surface area contributed by atoms with Crippen LogP contribution >= 0.6 is 11.3 Å². The maximum Gasteiger partial charge on any atom is 0.253 e. The maximum absolute atomic E-state index is 13.0. The third kappa shape index (κ3) is 4.35. The van der Waals surface area contributed by atoms with Crippen LogP contribution in [0.4, 0.5) is 0 Å². The molecule has 0 aliphatic carbocycles. The number of aryl methyl sites for hydroxylation is 1. The lowest BCUT2D eigenvalue weighted by molar-refractivity contribution is 0.0629. The van der Waals surface area contributed by atoms with Gasteiger partial charge in [-0.1, -0.05) is 24.3 Å². The van der Waals surface area contributed by atoms with Gasteiger partial charge in [-0.15, -0.1) is 21.5 Å². The molecule has 5 rings (SSSR count). The van der Waals surface area contributed by atoms with Crippen molar-refractivity contribution in [2.75, 3.05) is 26.2 Å². The molecule has 4 aromatic rings. The molecule has 2 aromatic heterocycles. The minimum absolute atomic E-state index is 0.0680. The van der Waals surface area contributed by atoms with Crippen LogP contribution in [0.2, 0.25) is 0 Å². The SMILES string of the molecule is Cc1ccccc1-c1nnc(-c2ccc(C(=O)N3CCN(Cc4cccs4)CC3)cc2)o1. The number of aromatic nitrogens is 2. The Balaban J connectivity index is 1.22. The molecule has 6 nitrogen and oxygen atoms in total. The van der Waals surface area contributed by atoms with Gasteiger partial charge < -0.3 is 9.32 Å². The molecule has 2 aromatic carbocycles. The van der Waals surface area contributed by atoms with Crippen molar-refractivity contribution in [1.29, 1.82) is 0 Å². The molecule has 1 amide bonds. The number of carbonyl (C=O) groups is 1. The standard InChI is InChI=1S/C25H24N4O2S/c1-18-5-2-3-7-22(18)24-27-26-23(31-24)19-8-10-20(11-9-19)25(30)29-14-12-28(13-15-29)17-21-6-4-16-32-21/h2-11,16H,12-15,17H2,1H3. The summed E-state index contributed by atoms with van der Waals surface area (Å²) in [6.07, 6.45) is 0. The highest BCUT2D eigenvalue weighted by molar-refractivity contribution is 7.09. The number of hydrogen-bond acceptors (Lipinski definition) is 6. The molecule has 0 unspecified atom stereocenters. The van der Waals surface area contributed by atoms with Crippen molar-refractivity contribution < 1.29 is 9.21 Å². The summed E-state index contributed by atoms with van der Waals surface area (Å²) in [6.45, 7) is 6.26. The molecule has 1 fully saturated rings.